The summed E-state index contributed by atoms with van der Waals surface area (Å²) in [5.41, 5.74) is 4.39. The van der Waals surface area contributed by atoms with Crippen molar-refractivity contribution in [3.05, 3.63) is 12.0 Å². The summed E-state index contributed by atoms with van der Waals surface area (Å²) >= 11 is 0. The number of halogens is 3. The van der Waals surface area contributed by atoms with Crippen LogP contribution in [0.25, 0.3) is 0 Å². The fourth-order valence-corrected chi connectivity index (χ4v) is 2.92. The molecule has 5 nitrogen and oxygen atoms in total. The third-order valence-electron chi connectivity index (χ3n) is 4.43. The third-order valence-corrected chi connectivity index (χ3v) is 4.43. The standard InChI is InChI=1S/C15H22F3N3O2/c1-20-12(15(16,17)18)8-13(19)23-9-10-4-5-11(10)14(22)21-6-2-3-7-21/h8,10-11H,2-7,9,19H2,1H3/t10-,11-/m0/s1. The number of hydrogen-bond donors (Lipinski definition) is 1. The van der Waals surface area contributed by atoms with E-state index < -0.39 is 11.9 Å². The highest BCUT2D eigenvalue weighted by Crippen LogP contribution is 2.36. The Balaban J connectivity index is 1.84. The largest absolute Gasteiger partial charge is 0.479 e. The predicted molar refractivity (Wildman–Crippen MR) is 79.7 cm³/mol. The van der Waals surface area contributed by atoms with Crippen molar-refractivity contribution in [2.24, 2.45) is 22.6 Å². The minimum absolute atomic E-state index is 0.0166. The number of aliphatic imine (C=N–C) groups is 1. The lowest BCUT2D eigenvalue weighted by atomic mass is 9.73. The van der Waals surface area contributed by atoms with Gasteiger partial charge in [0.05, 0.1) is 6.61 Å². The lowest BCUT2D eigenvalue weighted by Crippen LogP contribution is -2.44. The molecule has 1 aliphatic carbocycles. The first-order chi connectivity index (χ1) is 10.8. The molecule has 1 aliphatic heterocycles. The molecule has 1 saturated heterocycles. The molecule has 130 valence electrons. The smallest absolute Gasteiger partial charge is 0.433 e. The summed E-state index contributed by atoms with van der Waals surface area (Å²) in [5, 5.41) is 0. The van der Waals surface area contributed by atoms with Crippen molar-refractivity contribution in [1.29, 1.82) is 0 Å². The monoisotopic (exact) mass is 333 g/mol. The lowest BCUT2D eigenvalue weighted by Gasteiger charge is -2.37. The summed E-state index contributed by atoms with van der Waals surface area (Å²) in [6.07, 6.45) is -0.191. The fourth-order valence-electron chi connectivity index (χ4n) is 2.92. The highest BCUT2D eigenvalue weighted by atomic mass is 19.4. The molecule has 2 atom stereocenters. The van der Waals surface area contributed by atoms with E-state index in [0.717, 1.165) is 45.8 Å². The van der Waals surface area contributed by atoms with Gasteiger partial charge in [0.1, 0.15) is 5.71 Å². The van der Waals surface area contributed by atoms with E-state index in [1.807, 2.05) is 4.90 Å². The number of alkyl halides is 3. The van der Waals surface area contributed by atoms with Gasteiger partial charge < -0.3 is 15.4 Å². The van der Waals surface area contributed by atoms with E-state index >= 15 is 0 Å². The second-order valence-electron chi connectivity index (χ2n) is 5.94. The zero-order chi connectivity index (χ0) is 17.0. The summed E-state index contributed by atoms with van der Waals surface area (Å²) < 4.78 is 42.9. The van der Waals surface area contributed by atoms with Gasteiger partial charge in [0.25, 0.3) is 0 Å². The first-order valence-corrected chi connectivity index (χ1v) is 7.75. The van der Waals surface area contributed by atoms with E-state index in [1.165, 1.54) is 0 Å². The molecule has 0 spiro atoms. The zero-order valence-corrected chi connectivity index (χ0v) is 13.1. The second kappa shape index (κ2) is 7.23. The van der Waals surface area contributed by atoms with Gasteiger partial charge >= 0.3 is 6.18 Å². The molecule has 2 rings (SSSR count). The number of amides is 1. The molecule has 0 radical (unpaired) electrons. The van der Waals surface area contributed by atoms with Crippen molar-refractivity contribution >= 4 is 11.6 Å². The molecule has 1 saturated carbocycles. The summed E-state index contributed by atoms with van der Waals surface area (Å²) in [7, 11) is 1.04. The molecule has 1 amide bonds. The van der Waals surface area contributed by atoms with E-state index in [1.54, 1.807) is 0 Å². The van der Waals surface area contributed by atoms with E-state index in [2.05, 4.69) is 4.99 Å². The van der Waals surface area contributed by atoms with Crippen LogP contribution >= 0.6 is 0 Å². The van der Waals surface area contributed by atoms with Crippen molar-refractivity contribution in [1.82, 2.24) is 4.90 Å². The Morgan fingerprint density at radius 3 is 2.48 bits per heavy atom. The highest BCUT2D eigenvalue weighted by molar-refractivity contribution is 5.99. The van der Waals surface area contributed by atoms with Gasteiger partial charge in [0.2, 0.25) is 5.91 Å². The fraction of sp³-hybridized carbons (Fsp3) is 0.733. The third kappa shape index (κ3) is 4.39. The normalized spacial score (nSPS) is 26.2. The number of hydrogen-bond acceptors (Lipinski definition) is 4. The van der Waals surface area contributed by atoms with Crippen molar-refractivity contribution in [3.8, 4) is 0 Å². The van der Waals surface area contributed by atoms with Crippen molar-refractivity contribution in [2.75, 3.05) is 26.7 Å². The number of allylic oxidation sites excluding steroid dienone is 1. The van der Waals surface area contributed by atoms with Crippen molar-refractivity contribution in [2.45, 2.75) is 31.9 Å². The minimum Gasteiger partial charge on any atom is -0.479 e. The van der Waals surface area contributed by atoms with Crippen LogP contribution < -0.4 is 5.73 Å². The first kappa shape index (κ1) is 17.6. The minimum atomic E-state index is -4.56. The van der Waals surface area contributed by atoms with Crippen LogP contribution in [0.1, 0.15) is 25.7 Å². The van der Waals surface area contributed by atoms with Crippen LogP contribution in [0.3, 0.4) is 0 Å². The Bertz CT molecular complexity index is 497. The van der Waals surface area contributed by atoms with Gasteiger partial charge in [0, 0.05) is 38.0 Å². The molecule has 0 bridgehead atoms. The molecule has 2 N–H and O–H groups in total. The molecular weight excluding hydrogens is 311 g/mol. The lowest BCUT2D eigenvalue weighted by molar-refractivity contribution is -0.141. The van der Waals surface area contributed by atoms with Crippen LogP contribution in [0.4, 0.5) is 13.2 Å². The van der Waals surface area contributed by atoms with E-state index in [0.29, 0.717) is 6.08 Å². The van der Waals surface area contributed by atoms with E-state index in [-0.39, 0.29) is 30.2 Å². The maximum atomic E-state index is 12.6. The van der Waals surface area contributed by atoms with Crippen LogP contribution in [0.2, 0.25) is 0 Å². The predicted octanol–water partition coefficient (Wildman–Crippen LogP) is 2.08. The molecular formula is C15H22F3N3O2. The average Bonchev–Trinajstić information content (AvgIpc) is 2.96. The van der Waals surface area contributed by atoms with Crippen molar-refractivity contribution < 1.29 is 22.7 Å². The van der Waals surface area contributed by atoms with Gasteiger partial charge in [-0.1, -0.05) is 0 Å². The SMILES string of the molecule is CN=C(C=C(N)OC[C@@H]1CC[C@@H]1C(=O)N1CCCC1)C(F)(F)F. The maximum Gasteiger partial charge on any atom is 0.433 e. The van der Waals surface area contributed by atoms with Crippen LogP contribution in [0, 0.1) is 11.8 Å². The quantitative estimate of drug-likeness (QED) is 0.619. The Kier molecular flexibility index (Phi) is 5.54. The molecule has 0 aromatic rings. The van der Waals surface area contributed by atoms with Crippen LogP contribution in [0.5, 0.6) is 0 Å². The van der Waals surface area contributed by atoms with Crippen molar-refractivity contribution in [3.63, 3.8) is 0 Å². The topological polar surface area (TPSA) is 67.9 Å². The average molecular weight is 333 g/mol. The van der Waals surface area contributed by atoms with Gasteiger partial charge in [-0.3, -0.25) is 9.79 Å². The number of rotatable bonds is 5. The second-order valence-corrected chi connectivity index (χ2v) is 5.94. The molecule has 0 aromatic carbocycles. The number of carbonyl (C=O) groups excluding carboxylic acids is 1. The number of carbonyl (C=O) groups is 1. The van der Waals surface area contributed by atoms with Gasteiger partial charge in [-0.25, -0.2) is 0 Å². The summed E-state index contributed by atoms with van der Waals surface area (Å²) in [6, 6.07) is 0. The van der Waals surface area contributed by atoms with Crippen LogP contribution in [-0.2, 0) is 9.53 Å². The molecule has 0 aromatic heterocycles. The van der Waals surface area contributed by atoms with Gasteiger partial charge in [-0.05, 0) is 25.7 Å². The Labute approximate surface area is 133 Å². The summed E-state index contributed by atoms with van der Waals surface area (Å²) in [6.45, 7) is 1.75. The summed E-state index contributed by atoms with van der Waals surface area (Å²) in [5.74, 6) is -0.274. The van der Waals surface area contributed by atoms with Crippen LogP contribution in [-0.4, -0.2) is 49.4 Å². The highest BCUT2D eigenvalue weighted by Gasteiger charge is 2.40. The Morgan fingerprint density at radius 2 is 2.00 bits per heavy atom. The zero-order valence-electron chi connectivity index (χ0n) is 13.1. The van der Waals surface area contributed by atoms with Gasteiger partial charge in [0.15, 0.2) is 5.88 Å². The molecule has 1 heterocycles. The first-order valence-electron chi connectivity index (χ1n) is 7.75. The van der Waals surface area contributed by atoms with E-state index in [4.69, 9.17) is 10.5 Å². The number of nitrogens with two attached hydrogens (primary N) is 1. The molecule has 2 aliphatic rings. The Morgan fingerprint density at radius 1 is 1.35 bits per heavy atom. The number of ether oxygens (including phenoxy) is 1. The van der Waals surface area contributed by atoms with Gasteiger partial charge in [-0.15, -0.1) is 0 Å². The molecule has 8 heteroatoms. The number of nitrogens with zero attached hydrogens (tertiary/aromatic N) is 2. The molecule has 2 fully saturated rings. The maximum absolute atomic E-state index is 12.6. The summed E-state index contributed by atoms with van der Waals surface area (Å²) in [4.78, 5) is 17.3. The van der Waals surface area contributed by atoms with E-state index in [9.17, 15) is 18.0 Å². The van der Waals surface area contributed by atoms with Crippen LogP contribution in [0.15, 0.2) is 17.0 Å². The number of likely N-dealkylation sites (tertiary alicyclic amines) is 1. The molecule has 23 heavy (non-hydrogen) atoms. The van der Waals surface area contributed by atoms with Gasteiger partial charge in [-0.2, -0.15) is 13.2 Å². The molecule has 0 unspecified atom stereocenters. The Hall–Kier alpha value is -1.73.